The van der Waals surface area contributed by atoms with E-state index in [1.165, 1.54) is 0 Å². The first-order chi connectivity index (χ1) is 4.46. The first-order valence-electron chi connectivity index (χ1n) is 2.61. The molecule has 0 spiro atoms. The lowest BCUT2D eigenvalue weighted by Gasteiger charge is -1.74. The molecule has 0 aliphatic heterocycles. The molecule has 0 fully saturated rings. The SMILES string of the molecule is [2H]C(C(=O)O)=C([2H])C(=O)O. The summed E-state index contributed by atoms with van der Waals surface area (Å²) in [5, 5.41) is 15.9. The number of hydrogen-bond acceptors (Lipinski definition) is 2. The summed E-state index contributed by atoms with van der Waals surface area (Å²) < 4.78 is 12.9. The van der Waals surface area contributed by atoms with Crippen molar-refractivity contribution in [2.75, 3.05) is 0 Å². The van der Waals surface area contributed by atoms with Gasteiger partial charge in [-0.3, -0.25) is 0 Å². The number of hydrogen-bond donors (Lipinski definition) is 2. The smallest absolute Gasteiger partial charge is 0.328 e. The van der Waals surface area contributed by atoms with Gasteiger partial charge in [-0.2, -0.15) is 0 Å². The molecule has 0 amide bonds. The molecule has 0 radical (unpaired) electrons. The Morgan fingerprint density at radius 3 is 1.62 bits per heavy atom. The fraction of sp³-hybridized carbons (Fsp3) is 0. The lowest BCUT2D eigenvalue weighted by molar-refractivity contribution is -0.134. The van der Waals surface area contributed by atoms with Crippen LogP contribution in [0.2, 0.25) is 0 Å². The standard InChI is InChI=1S/C4H4O4/c5-3(6)1-2-4(7)8/h1-2H,(H,5,6)(H,7,8)/i1D,2D. The Morgan fingerprint density at radius 1 is 1.25 bits per heavy atom. The Balaban J connectivity index is 4.67. The molecule has 0 atom stereocenters. The van der Waals surface area contributed by atoms with Gasteiger partial charge in [-0.1, -0.05) is 0 Å². The minimum absolute atomic E-state index is 1.22. The molecule has 0 heterocycles. The molecule has 0 aromatic rings. The molecule has 2 N–H and O–H groups in total. The van der Waals surface area contributed by atoms with Gasteiger partial charge in [0.25, 0.3) is 0 Å². The van der Waals surface area contributed by atoms with Crippen LogP contribution in [0.1, 0.15) is 2.74 Å². The van der Waals surface area contributed by atoms with E-state index in [0.717, 1.165) is 0 Å². The molecule has 0 aromatic heterocycles. The number of rotatable bonds is 2. The van der Waals surface area contributed by atoms with Crippen LogP contribution in [0.25, 0.3) is 0 Å². The van der Waals surface area contributed by atoms with E-state index in [0.29, 0.717) is 0 Å². The van der Waals surface area contributed by atoms with Crippen LogP contribution < -0.4 is 0 Å². The lowest BCUT2D eigenvalue weighted by atomic mass is 10.5. The molecule has 0 unspecified atom stereocenters. The van der Waals surface area contributed by atoms with E-state index in [9.17, 15) is 9.59 Å². The van der Waals surface area contributed by atoms with Crippen LogP contribution in [0, 0.1) is 0 Å². The number of carboxylic acids is 2. The van der Waals surface area contributed by atoms with Gasteiger partial charge in [0.2, 0.25) is 0 Å². The summed E-state index contributed by atoms with van der Waals surface area (Å²) in [7, 11) is 0. The number of carboxylic acid groups (broad SMARTS) is 2. The van der Waals surface area contributed by atoms with Gasteiger partial charge in [0.05, 0.1) is 2.74 Å². The summed E-state index contributed by atoms with van der Waals surface area (Å²) in [6.07, 6.45) is 0. The van der Waals surface area contributed by atoms with Crippen LogP contribution >= 0.6 is 0 Å². The highest BCUT2D eigenvalue weighted by atomic mass is 16.4. The first kappa shape index (κ1) is 3.65. The molecule has 0 aliphatic rings. The molecular formula is C4H4O4. The largest absolute Gasteiger partial charge is 0.478 e. The Morgan fingerprint density at radius 2 is 1.50 bits per heavy atom. The van der Waals surface area contributed by atoms with Crippen LogP contribution in [0.5, 0.6) is 0 Å². The number of carbonyl (C=O) groups is 2. The second-order valence-corrected chi connectivity index (χ2v) is 0.860. The highest BCUT2D eigenvalue weighted by Crippen LogP contribution is 1.70. The van der Waals surface area contributed by atoms with Crippen molar-refractivity contribution in [1.82, 2.24) is 0 Å². The molecule has 0 saturated heterocycles. The van der Waals surface area contributed by atoms with Gasteiger partial charge in [0.1, 0.15) is 0 Å². The summed E-state index contributed by atoms with van der Waals surface area (Å²) in [5.41, 5.74) is 0. The highest BCUT2D eigenvalue weighted by molar-refractivity contribution is 5.89. The Bertz CT molecular complexity index is 185. The normalized spacial score (nSPS) is 15.5. The maximum Gasteiger partial charge on any atom is 0.328 e. The monoisotopic (exact) mass is 118 g/mol. The second kappa shape index (κ2) is 2.79. The van der Waals surface area contributed by atoms with Crippen LogP contribution in [0.15, 0.2) is 12.1 Å². The van der Waals surface area contributed by atoms with Crippen molar-refractivity contribution in [1.29, 1.82) is 0 Å². The van der Waals surface area contributed by atoms with Gasteiger partial charge in [-0.15, -0.1) is 0 Å². The lowest BCUT2D eigenvalue weighted by Crippen LogP contribution is -1.91. The van der Waals surface area contributed by atoms with Gasteiger partial charge in [-0.25, -0.2) is 9.59 Å². The first-order valence-corrected chi connectivity index (χ1v) is 1.61. The van der Waals surface area contributed by atoms with Crippen molar-refractivity contribution in [3.63, 3.8) is 0 Å². The van der Waals surface area contributed by atoms with Gasteiger partial charge >= 0.3 is 11.9 Å². The third kappa shape index (κ3) is 4.68. The van der Waals surface area contributed by atoms with E-state index in [2.05, 4.69) is 0 Å². The molecular weight excluding hydrogens is 112 g/mol. The van der Waals surface area contributed by atoms with Crippen LogP contribution in [-0.4, -0.2) is 22.2 Å². The zero-order valence-corrected chi connectivity index (χ0v) is 3.71. The van der Waals surface area contributed by atoms with Crippen molar-refractivity contribution in [3.05, 3.63) is 12.1 Å². The molecule has 4 heteroatoms. The molecule has 0 bridgehead atoms. The maximum absolute atomic E-state index is 9.82. The summed E-state index contributed by atoms with van der Waals surface area (Å²) in [5.74, 6) is -3.43. The predicted molar refractivity (Wildman–Crippen MR) is 24.4 cm³/mol. The Labute approximate surface area is 47.9 Å². The average Bonchev–Trinajstić information content (AvgIpc) is 1.84. The van der Waals surface area contributed by atoms with Gasteiger partial charge < -0.3 is 10.2 Å². The minimum Gasteiger partial charge on any atom is -0.478 e. The van der Waals surface area contributed by atoms with Crippen molar-refractivity contribution in [2.45, 2.75) is 0 Å². The molecule has 0 saturated carbocycles. The third-order valence-corrected chi connectivity index (χ3v) is 0.276. The van der Waals surface area contributed by atoms with Crippen LogP contribution in [0.4, 0.5) is 0 Å². The number of aliphatic carboxylic acids is 2. The predicted octanol–water partition coefficient (Wildman–Crippen LogP) is -0.288. The quantitative estimate of drug-likeness (QED) is 0.488. The van der Waals surface area contributed by atoms with Crippen molar-refractivity contribution >= 4 is 11.9 Å². The van der Waals surface area contributed by atoms with E-state index in [-0.39, 0.29) is 0 Å². The summed E-state index contributed by atoms with van der Waals surface area (Å²) in [4.78, 5) is 19.6. The average molecular weight is 118 g/mol. The van der Waals surface area contributed by atoms with Gasteiger partial charge in [-0.05, 0) is 0 Å². The van der Waals surface area contributed by atoms with E-state index in [1.807, 2.05) is 0 Å². The molecule has 4 nitrogen and oxygen atoms in total. The molecule has 0 rings (SSSR count). The summed E-state index contributed by atoms with van der Waals surface area (Å²) >= 11 is 0. The Kier molecular flexibility index (Phi) is 1.27. The zero-order chi connectivity index (χ0) is 8.31. The van der Waals surface area contributed by atoms with Crippen molar-refractivity contribution in [2.24, 2.45) is 0 Å². The van der Waals surface area contributed by atoms with E-state index >= 15 is 0 Å². The highest BCUT2D eigenvalue weighted by Gasteiger charge is 1.88. The van der Waals surface area contributed by atoms with Crippen LogP contribution in [-0.2, 0) is 9.59 Å². The van der Waals surface area contributed by atoms with Crippen LogP contribution in [0.3, 0.4) is 0 Å². The Hall–Kier alpha value is -1.32. The molecule has 0 aromatic carbocycles. The fourth-order valence-corrected chi connectivity index (χ4v) is 0.107. The maximum atomic E-state index is 9.82. The molecule has 0 aliphatic carbocycles. The minimum atomic E-state index is -1.72. The third-order valence-electron chi connectivity index (χ3n) is 0.276. The van der Waals surface area contributed by atoms with E-state index in [1.54, 1.807) is 0 Å². The van der Waals surface area contributed by atoms with Gasteiger partial charge in [0.15, 0.2) is 0 Å². The summed E-state index contributed by atoms with van der Waals surface area (Å²) in [6.45, 7) is 0. The van der Waals surface area contributed by atoms with E-state index in [4.69, 9.17) is 13.0 Å². The topological polar surface area (TPSA) is 74.6 Å². The van der Waals surface area contributed by atoms with Crippen molar-refractivity contribution in [3.8, 4) is 0 Å². The second-order valence-electron chi connectivity index (χ2n) is 0.860. The molecule has 8 heavy (non-hydrogen) atoms. The fourth-order valence-electron chi connectivity index (χ4n) is 0.107. The summed E-state index contributed by atoms with van der Waals surface area (Å²) in [6, 6.07) is -2.43. The van der Waals surface area contributed by atoms with Gasteiger partial charge in [0, 0.05) is 12.1 Å². The van der Waals surface area contributed by atoms with Crippen molar-refractivity contribution < 1.29 is 22.5 Å². The molecule has 44 valence electrons. The zero-order valence-electron chi connectivity index (χ0n) is 5.71. The van der Waals surface area contributed by atoms with E-state index < -0.39 is 24.0 Å².